The van der Waals surface area contributed by atoms with Crippen LogP contribution >= 0.6 is 15.9 Å². The SMILES string of the molecule is Nc1ncc2ccc(Br)cc2c1/N=N/c1ccc(S(=O)(=O)Nc2ncccn2)cc1. The fourth-order valence-corrected chi connectivity index (χ4v) is 3.94. The number of nitrogens with two attached hydrogens (primary N) is 1. The third-order valence-corrected chi connectivity index (χ3v) is 5.90. The molecule has 0 saturated carbocycles. The van der Waals surface area contributed by atoms with Crippen molar-refractivity contribution in [3.05, 3.63) is 71.6 Å². The quantitative estimate of drug-likeness (QED) is 0.398. The van der Waals surface area contributed by atoms with E-state index >= 15 is 0 Å². The van der Waals surface area contributed by atoms with Crippen LogP contribution in [-0.4, -0.2) is 23.4 Å². The molecule has 0 saturated heterocycles. The molecule has 9 nitrogen and oxygen atoms in total. The number of azo groups is 1. The molecule has 0 bridgehead atoms. The molecular formula is C19H14BrN7O2S. The maximum atomic E-state index is 12.4. The molecule has 2 aromatic heterocycles. The van der Waals surface area contributed by atoms with Crippen molar-refractivity contribution < 1.29 is 8.42 Å². The summed E-state index contributed by atoms with van der Waals surface area (Å²) in [5.41, 5.74) is 6.87. The Morgan fingerprint density at radius 1 is 0.967 bits per heavy atom. The molecule has 0 fully saturated rings. The first-order valence-corrected chi connectivity index (χ1v) is 10.9. The summed E-state index contributed by atoms with van der Waals surface area (Å²) < 4.78 is 28.1. The second kappa shape index (κ2) is 8.13. The van der Waals surface area contributed by atoms with E-state index in [9.17, 15) is 8.42 Å². The number of nitrogen functional groups attached to an aromatic ring is 1. The third-order valence-electron chi connectivity index (χ3n) is 4.06. The maximum absolute atomic E-state index is 12.4. The Labute approximate surface area is 180 Å². The molecule has 0 aliphatic heterocycles. The number of fused-ring (bicyclic) bond motifs is 1. The first-order valence-electron chi connectivity index (χ1n) is 8.58. The fraction of sp³-hybridized carbons (Fsp3) is 0. The van der Waals surface area contributed by atoms with E-state index in [1.165, 1.54) is 36.7 Å². The number of anilines is 2. The lowest BCUT2D eigenvalue weighted by molar-refractivity contribution is 0.601. The van der Waals surface area contributed by atoms with Gasteiger partial charge in [0.1, 0.15) is 5.69 Å². The first kappa shape index (κ1) is 19.9. The number of pyridine rings is 1. The lowest BCUT2D eigenvalue weighted by Crippen LogP contribution is -2.14. The van der Waals surface area contributed by atoms with E-state index in [2.05, 4.69) is 45.8 Å². The van der Waals surface area contributed by atoms with Crippen molar-refractivity contribution in [1.29, 1.82) is 0 Å². The number of rotatable bonds is 5. The van der Waals surface area contributed by atoms with Gasteiger partial charge in [-0.15, -0.1) is 5.11 Å². The average molecular weight is 484 g/mol. The van der Waals surface area contributed by atoms with E-state index in [-0.39, 0.29) is 16.7 Å². The zero-order valence-electron chi connectivity index (χ0n) is 15.3. The van der Waals surface area contributed by atoms with Crippen molar-refractivity contribution >= 4 is 59.9 Å². The van der Waals surface area contributed by atoms with Gasteiger partial charge in [-0.25, -0.2) is 28.1 Å². The third kappa shape index (κ3) is 4.26. The number of nitrogens with one attached hydrogen (secondary N) is 1. The van der Waals surface area contributed by atoms with Gasteiger partial charge in [-0.2, -0.15) is 5.11 Å². The van der Waals surface area contributed by atoms with E-state index in [0.29, 0.717) is 11.4 Å². The van der Waals surface area contributed by atoms with E-state index in [1.54, 1.807) is 12.3 Å². The highest BCUT2D eigenvalue weighted by Crippen LogP contribution is 2.33. The van der Waals surface area contributed by atoms with Crippen molar-refractivity contribution in [2.45, 2.75) is 4.90 Å². The molecule has 150 valence electrons. The molecule has 4 rings (SSSR count). The van der Waals surface area contributed by atoms with Crippen LogP contribution < -0.4 is 10.5 Å². The van der Waals surface area contributed by atoms with Gasteiger partial charge in [0.2, 0.25) is 5.95 Å². The topological polar surface area (TPSA) is 136 Å². The molecule has 0 radical (unpaired) electrons. The van der Waals surface area contributed by atoms with Crippen molar-refractivity contribution in [3.8, 4) is 0 Å². The van der Waals surface area contributed by atoms with Gasteiger partial charge in [-0.05, 0) is 42.5 Å². The molecule has 4 aromatic rings. The van der Waals surface area contributed by atoms with E-state index in [4.69, 9.17) is 5.73 Å². The largest absolute Gasteiger partial charge is 0.382 e. The second-order valence-electron chi connectivity index (χ2n) is 6.10. The summed E-state index contributed by atoms with van der Waals surface area (Å²) >= 11 is 3.43. The van der Waals surface area contributed by atoms with Crippen LogP contribution in [-0.2, 0) is 10.0 Å². The molecule has 3 N–H and O–H groups in total. The molecule has 0 aliphatic rings. The minimum atomic E-state index is -3.82. The number of aromatic nitrogens is 3. The van der Waals surface area contributed by atoms with Crippen LogP contribution in [0.1, 0.15) is 0 Å². The Morgan fingerprint density at radius 3 is 2.43 bits per heavy atom. The Balaban J connectivity index is 1.60. The van der Waals surface area contributed by atoms with E-state index < -0.39 is 10.0 Å². The molecule has 0 unspecified atom stereocenters. The predicted molar refractivity (Wildman–Crippen MR) is 117 cm³/mol. The molecule has 2 heterocycles. The highest BCUT2D eigenvalue weighted by atomic mass is 79.9. The minimum Gasteiger partial charge on any atom is -0.382 e. The molecule has 0 aliphatic carbocycles. The first-order chi connectivity index (χ1) is 14.4. The minimum absolute atomic E-state index is 0.00800. The van der Waals surface area contributed by atoms with Crippen LogP contribution in [0.2, 0.25) is 0 Å². The summed E-state index contributed by atoms with van der Waals surface area (Å²) in [6, 6.07) is 13.2. The van der Waals surface area contributed by atoms with Crippen LogP contribution in [0.15, 0.2) is 86.7 Å². The zero-order chi connectivity index (χ0) is 21.1. The fourth-order valence-electron chi connectivity index (χ4n) is 2.62. The summed E-state index contributed by atoms with van der Waals surface area (Å²) in [6.07, 6.45) is 4.56. The van der Waals surface area contributed by atoms with Gasteiger partial charge in [-0.1, -0.05) is 22.0 Å². The molecule has 11 heteroatoms. The van der Waals surface area contributed by atoms with E-state index in [0.717, 1.165) is 15.2 Å². The van der Waals surface area contributed by atoms with Crippen LogP contribution in [0.5, 0.6) is 0 Å². The smallest absolute Gasteiger partial charge is 0.264 e. The highest BCUT2D eigenvalue weighted by molar-refractivity contribution is 9.10. The number of benzene rings is 2. The van der Waals surface area contributed by atoms with Crippen molar-refractivity contribution in [1.82, 2.24) is 15.0 Å². The van der Waals surface area contributed by atoms with Gasteiger partial charge < -0.3 is 5.73 Å². The monoisotopic (exact) mass is 483 g/mol. The zero-order valence-corrected chi connectivity index (χ0v) is 17.7. The molecule has 30 heavy (non-hydrogen) atoms. The highest BCUT2D eigenvalue weighted by Gasteiger charge is 2.15. The average Bonchev–Trinajstić information content (AvgIpc) is 2.74. The lowest BCUT2D eigenvalue weighted by atomic mass is 10.1. The van der Waals surface area contributed by atoms with Crippen molar-refractivity contribution in [3.63, 3.8) is 0 Å². The predicted octanol–water partition coefficient (Wildman–Crippen LogP) is 4.59. The van der Waals surface area contributed by atoms with Crippen LogP contribution in [0.4, 0.5) is 23.1 Å². The number of hydrogen-bond donors (Lipinski definition) is 2. The van der Waals surface area contributed by atoms with Gasteiger partial charge in [-0.3, -0.25) is 0 Å². The summed E-state index contributed by atoms with van der Waals surface area (Å²) in [4.78, 5) is 11.9. The van der Waals surface area contributed by atoms with Gasteiger partial charge in [0.25, 0.3) is 10.0 Å². The Morgan fingerprint density at radius 2 is 1.70 bits per heavy atom. The molecule has 0 atom stereocenters. The molecule has 0 spiro atoms. The van der Waals surface area contributed by atoms with E-state index in [1.807, 2.05) is 18.2 Å². The maximum Gasteiger partial charge on any atom is 0.264 e. The van der Waals surface area contributed by atoms with Crippen molar-refractivity contribution in [2.75, 3.05) is 10.5 Å². The Bertz CT molecular complexity index is 1340. The number of nitrogens with zero attached hydrogens (tertiary/aromatic N) is 5. The summed E-state index contributed by atoms with van der Waals surface area (Å²) in [6.45, 7) is 0. The second-order valence-corrected chi connectivity index (χ2v) is 8.69. The number of halogens is 1. The molecule has 2 aromatic carbocycles. The summed E-state index contributed by atoms with van der Waals surface area (Å²) in [5, 5.41) is 10.1. The normalized spacial score (nSPS) is 11.8. The Hall–Kier alpha value is -3.44. The molecule has 0 amide bonds. The van der Waals surface area contributed by atoms with Crippen LogP contribution in [0.25, 0.3) is 10.8 Å². The van der Waals surface area contributed by atoms with Crippen molar-refractivity contribution in [2.24, 2.45) is 10.2 Å². The number of hydrogen-bond acceptors (Lipinski definition) is 8. The molecular weight excluding hydrogens is 470 g/mol. The summed E-state index contributed by atoms with van der Waals surface area (Å²) in [5.74, 6) is 0.238. The number of sulfonamides is 1. The van der Waals surface area contributed by atoms with Gasteiger partial charge in [0.15, 0.2) is 5.82 Å². The standard InChI is InChI=1S/C19H14BrN7O2S/c20-13-3-2-12-11-24-18(21)17(16(12)10-13)26-25-14-4-6-15(7-5-14)30(28,29)27-19-22-8-1-9-23-19/h1-11H,(H2,21,24)(H,22,23,27)/b26-25+. The summed E-state index contributed by atoms with van der Waals surface area (Å²) in [7, 11) is -3.82. The van der Waals surface area contributed by atoms with Gasteiger partial charge in [0, 0.05) is 33.8 Å². The van der Waals surface area contributed by atoms with Crippen LogP contribution in [0.3, 0.4) is 0 Å². The van der Waals surface area contributed by atoms with Crippen LogP contribution in [0, 0.1) is 0 Å². The van der Waals surface area contributed by atoms with Gasteiger partial charge in [0.05, 0.1) is 10.6 Å². The van der Waals surface area contributed by atoms with Gasteiger partial charge >= 0.3 is 0 Å². The Kier molecular flexibility index (Phi) is 5.38. The lowest BCUT2D eigenvalue weighted by Gasteiger charge is -2.06.